The van der Waals surface area contributed by atoms with E-state index in [9.17, 15) is 14.9 Å². The number of hydrogen-bond acceptors (Lipinski definition) is 7. The molecule has 0 bridgehead atoms. The van der Waals surface area contributed by atoms with Gasteiger partial charge < -0.3 is 10.6 Å². The fraction of sp³-hybridized carbons (Fsp3) is 0.320. The SMILES string of the molecule is CC#CCn1c(N(C)CC(C)N)nc2c1c(=O)n(Cc1ccc3cccnc3c1C#N)c(=O)n2C. The standard InChI is InChI=1S/C25H26N8O2/c1-5-6-12-32-21-22(29-24(32)30(3)14-16(2)27)31(4)25(35)33(23(21)34)15-18-10-9-17-8-7-11-28-20(17)19(18)13-26/h7-11,16H,12,14-15,27H2,1-4H3. The molecule has 0 aliphatic heterocycles. The zero-order valence-electron chi connectivity index (χ0n) is 20.1. The Morgan fingerprint density at radius 1 is 1.23 bits per heavy atom. The van der Waals surface area contributed by atoms with Crippen LogP contribution in [0.1, 0.15) is 25.0 Å². The number of aromatic nitrogens is 5. The fourth-order valence-electron chi connectivity index (χ4n) is 4.23. The van der Waals surface area contributed by atoms with E-state index in [1.807, 2.05) is 31.0 Å². The smallest absolute Gasteiger partial charge is 0.332 e. The second-order valence-electron chi connectivity index (χ2n) is 8.47. The molecule has 10 nitrogen and oxygen atoms in total. The highest BCUT2D eigenvalue weighted by molar-refractivity contribution is 5.85. The zero-order valence-corrected chi connectivity index (χ0v) is 20.1. The van der Waals surface area contributed by atoms with Crippen LogP contribution in [0.3, 0.4) is 0 Å². The number of pyridine rings is 1. The molecule has 2 N–H and O–H groups in total. The van der Waals surface area contributed by atoms with Crippen molar-refractivity contribution in [2.45, 2.75) is 33.0 Å². The van der Waals surface area contributed by atoms with Gasteiger partial charge in [-0.2, -0.15) is 10.2 Å². The number of benzene rings is 1. The number of nitrogens with zero attached hydrogens (tertiary/aromatic N) is 7. The molecule has 0 aliphatic carbocycles. The van der Waals surface area contributed by atoms with E-state index in [1.165, 1.54) is 4.57 Å². The first-order valence-electron chi connectivity index (χ1n) is 11.1. The highest BCUT2D eigenvalue weighted by Gasteiger charge is 2.23. The number of anilines is 1. The molecule has 4 rings (SSSR count). The lowest BCUT2D eigenvalue weighted by molar-refractivity contribution is 0.653. The van der Waals surface area contributed by atoms with Crippen molar-refractivity contribution >= 4 is 28.0 Å². The van der Waals surface area contributed by atoms with E-state index >= 15 is 0 Å². The minimum absolute atomic E-state index is 0.0769. The first kappa shape index (κ1) is 23.7. The van der Waals surface area contributed by atoms with Gasteiger partial charge >= 0.3 is 5.69 Å². The minimum Gasteiger partial charge on any atom is -0.344 e. The molecule has 4 aromatic rings. The highest BCUT2D eigenvalue weighted by Crippen LogP contribution is 2.21. The molecule has 0 radical (unpaired) electrons. The maximum atomic E-state index is 13.7. The van der Waals surface area contributed by atoms with Crippen LogP contribution < -0.4 is 21.9 Å². The van der Waals surface area contributed by atoms with Gasteiger partial charge in [-0.3, -0.25) is 23.5 Å². The van der Waals surface area contributed by atoms with Crippen molar-refractivity contribution in [3.05, 3.63) is 62.4 Å². The molecule has 1 aromatic carbocycles. The molecule has 0 fully saturated rings. The summed E-state index contributed by atoms with van der Waals surface area (Å²) in [6, 6.07) is 9.28. The minimum atomic E-state index is -0.528. The molecular formula is C25H26N8O2. The molecule has 0 aliphatic rings. The summed E-state index contributed by atoms with van der Waals surface area (Å²) in [6.45, 7) is 4.24. The van der Waals surface area contributed by atoms with Crippen molar-refractivity contribution in [3.63, 3.8) is 0 Å². The van der Waals surface area contributed by atoms with Crippen LogP contribution >= 0.6 is 0 Å². The molecule has 35 heavy (non-hydrogen) atoms. The molecule has 10 heteroatoms. The third kappa shape index (κ3) is 4.16. The summed E-state index contributed by atoms with van der Waals surface area (Å²) in [5, 5.41) is 10.6. The lowest BCUT2D eigenvalue weighted by Gasteiger charge is -2.20. The van der Waals surface area contributed by atoms with Gasteiger partial charge in [-0.15, -0.1) is 5.92 Å². The maximum Gasteiger partial charge on any atom is 0.332 e. The largest absolute Gasteiger partial charge is 0.344 e. The Balaban J connectivity index is 1.96. The average molecular weight is 471 g/mol. The van der Waals surface area contributed by atoms with Crippen molar-refractivity contribution in [3.8, 4) is 17.9 Å². The number of fused-ring (bicyclic) bond motifs is 2. The normalized spacial score (nSPS) is 11.8. The Kier molecular flexibility index (Phi) is 6.41. The van der Waals surface area contributed by atoms with Gasteiger partial charge in [-0.1, -0.05) is 24.1 Å². The van der Waals surface area contributed by atoms with Crippen LogP contribution in [0.2, 0.25) is 0 Å². The molecule has 3 aromatic heterocycles. The molecule has 0 saturated carbocycles. The lowest BCUT2D eigenvalue weighted by atomic mass is 10.0. The number of imidazole rings is 1. The molecule has 0 spiro atoms. The molecule has 0 amide bonds. The number of rotatable bonds is 6. The predicted octanol–water partition coefficient (Wildman–Crippen LogP) is 1.17. The zero-order chi connectivity index (χ0) is 25.3. The third-order valence-corrected chi connectivity index (χ3v) is 5.83. The van der Waals surface area contributed by atoms with E-state index in [1.54, 1.807) is 36.9 Å². The van der Waals surface area contributed by atoms with Gasteiger partial charge in [0.1, 0.15) is 6.07 Å². The van der Waals surface area contributed by atoms with Gasteiger partial charge in [0.2, 0.25) is 5.95 Å². The fourth-order valence-corrected chi connectivity index (χ4v) is 4.23. The van der Waals surface area contributed by atoms with Crippen LogP contribution in [0.5, 0.6) is 0 Å². The molecule has 0 saturated heterocycles. The molecule has 178 valence electrons. The van der Waals surface area contributed by atoms with Gasteiger partial charge in [-0.05, 0) is 25.5 Å². The maximum absolute atomic E-state index is 13.7. The van der Waals surface area contributed by atoms with E-state index in [2.05, 4.69) is 27.9 Å². The summed E-state index contributed by atoms with van der Waals surface area (Å²) in [4.78, 5) is 37.8. The summed E-state index contributed by atoms with van der Waals surface area (Å²) in [7, 11) is 3.41. The van der Waals surface area contributed by atoms with Crippen molar-refractivity contribution in [2.75, 3.05) is 18.5 Å². The van der Waals surface area contributed by atoms with Crippen molar-refractivity contribution in [2.24, 2.45) is 12.8 Å². The second-order valence-corrected chi connectivity index (χ2v) is 8.47. The summed E-state index contributed by atoms with van der Waals surface area (Å²) in [5.74, 6) is 6.33. The third-order valence-electron chi connectivity index (χ3n) is 5.83. The number of aryl methyl sites for hydroxylation is 1. The molecule has 3 heterocycles. The van der Waals surface area contributed by atoms with Crippen LogP contribution in [-0.4, -0.2) is 43.3 Å². The van der Waals surface area contributed by atoms with Gasteiger partial charge in [0.05, 0.1) is 24.2 Å². The van der Waals surface area contributed by atoms with Crippen LogP contribution in [0, 0.1) is 23.2 Å². The molecular weight excluding hydrogens is 444 g/mol. The van der Waals surface area contributed by atoms with Gasteiger partial charge in [0.15, 0.2) is 11.2 Å². The van der Waals surface area contributed by atoms with E-state index in [0.717, 1.165) is 9.95 Å². The van der Waals surface area contributed by atoms with Gasteiger partial charge in [0.25, 0.3) is 5.56 Å². The van der Waals surface area contributed by atoms with Crippen LogP contribution in [-0.2, 0) is 20.1 Å². The van der Waals surface area contributed by atoms with Crippen molar-refractivity contribution < 1.29 is 0 Å². The predicted molar refractivity (Wildman–Crippen MR) is 135 cm³/mol. The Morgan fingerprint density at radius 3 is 2.69 bits per heavy atom. The lowest BCUT2D eigenvalue weighted by Crippen LogP contribution is -2.40. The van der Waals surface area contributed by atoms with E-state index < -0.39 is 11.2 Å². The first-order valence-corrected chi connectivity index (χ1v) is 11.1. The highest BCUT2D eigenvalue weighted by atomic mass is 16.2. The number of nitrogens with two attached hydrogens (primary N) is 1. The summed E-state index contributed by atoms with van der Waals surface area (Å²) in [5.41, 5.74) is 6.87. The van der Waals surface area contributed by atoms with Crippen LogP contribution in [0.4, 0.5) is 5.95 Å². The van der Waals surface area contributed by atoms with Crippen molar-refractivity contribution in [1.29, 1.82) is 5.26 Å². The van der Waals surface area contributed by atoms with E-state index in [0.29, 0.717) is 29.1 Å². The quantitative estimate of drug-likeness (QED) is 0.419. The van der Waals surface area contributed by atoms with Crippen molar-refractivity contribution in [1.82, 2.24) is 23.7 Å². The van der Waals surface area contributed by atoms with E-state index in [4.69, 9.17) is 5.73 Å². The Hall–Kier alpha value is -4.41. The Morgan fingerprint density at radius 2 is 2.00 bits per heavy atom. The van der Waals surface area contributed by atoms with Gasteiger partial charge in [-0.25, -0.2) is 4.79 Å². The monoisotopic (exact) mass is 470 g/mol. The number of likely N-dealkylation sites (N-methyl/N-ethyl adjacent to an activating group) is 1. The van der Waals surface area contributed by atoms with Crippen LogP contribution in [0.25, 0.3) is 22.1 Å². The van der Waals surface area contributed by atoms with Crippen LogP contribution in [0.15, 0.2) is 40.1 Å². The first-order chi connectivity index (χ1) is 16.8. The second kappa shape index (κ2) is 9.45. The summed E-state index contributed by atoms with van der Waals surface area (Å²) < 4.78 is 4.18. The average Bonchev–Trinajstić information content (AvgIpc) is 3.23. The number of hydrogen-bond donors (Lipinski definition) is 1. The summed E-state index contributed by atoms with van der Waals surface area (Å²) >= 11 is 0. The molecule has 1 unspecified atom stereocenters. The van der Waals surface area contributed by atoms with Gasteiger partial charge in [0, 0.05) is 38.3 Å². The Bertz CT molecular complexity index is 1660. The summed E-state index contributed by atoms with van der Waals surface area (Å²) in [6.07, 6.45) is 1.61. The topological polar surface area (TPSA) is 128 Å². The number of nitriles is 1. The molecule has 1 atom stereocenters. The Labute approximate surface area is 201 Å². The van der Waals surface area contributed by atoms with E-state index in [-0.39, 0.29) is 30.3 Å².